The lowest BCUT2D eigenvalue weighted by Gasteiger charge is -2.08. The standard InChI is InChI=1S/C21H20ClN3O3/c1-27-20-8-3-17(22)14-16(20)2-9-21(26)24-18-4-6-19(7-5-18)28-13-12-25-11-10-23-15-25/h2-11,14-15H,12-13H2,1H3,(H,24,26)/b9-2+. The molecule has 0 bridgehead atoms. The van der Waals surface area contributed by atoms with Crippen LogP contribution in [0.3, 0.4) is 0 Å². The van der Waals surface area contributed by atoms with Crippen LogP contribution in [0, 0.1) is 0 Å². The number of ether oxygens (including phenoxy) is 2. The molecule has 1 amide bonds. The van der Waals surface area contributed by atoms with Crippen molar-refractivity contribution in [2.45, 2.75) is 6.54 Å². The van der Waals surface area contributed by atoms with E-state index in [4.69, 9.17) is 21.1 Å². The van der Waals surface area contributed by atoms with Gasteiger partial charge in [-0.2, -0.15) is 0 Å². The number of anilines is 1. The van der Waals surface area contributed by atoms with Gasteiger partial charge in [0.1, 0.15) is 18.1 Å². The molecule has 0 saturated heterocycles. The van der Waals surface area contributed by atoms with Gasteiger partial charge < -0.3 is 19.4 Å². The van der Waals surface area contributed by atoms with Crippen LogP contribution in [0.25, 0.3) is 6.08 Å². The van der Waals surface area contributed by atoms with Crippen LogP contribution in [0.2, 0.25) is 5.02 Å². The fourth-order valence-electron chi connectivity index (χ4n) is 2.51. The Balaban J connectivity index is 1.52. The molecule has 7 heteroatoms. The summed E-state index contributed by atoms with van der Waals surface area (Å²) in [7, 11) is 1.57. The quantitative estimate of drug-likeness (QED) is 0.576. The number of carbonyl (C=O) groups is 1. The van der Waals surface area contributed by atoms with Crippen LogP contribution in [0.5, 0.6) is 11.5 Å². The van der Waals surface area contributed by atoms with E-state index in [1.54, 1.807) is 56.0 Å². The van der Waals surface area contributed by atoms with Crippen molar-refractivity contribution in [1.82, 2.24) is 9.55 Å². The third-order valence-corrected chi connectivity index (χ3v) is 4.14. The summed E-state index contributed by atoms with van der Waals surface area (Å²) in [6.07, 6.45) is 8.45. The number of hydrogen-bond acceptors (Lipinski definition) is 4. The van der Waals surface area contributed by atoms with Crippen molar-refractivity contribution < 1.29 is 14.3 Å². The van der Waals surface area contributed by atoms with E-state index in [1.807, 2.05) is 22.9 Å². The first-order valence-electron chi connectivity index (χ1n) is 8.65. The van der Waals surface area contributed by atoms with Crippen molar-refractivity contribution in [2.24, 2.45) is 0 Å². The Labute approximate surface area is 168 Å². The van der Waals surface area contributed by atoms with E-state index in [2.05, 4.69) is 10.3 Å². The van der Waals surface area contributed by atoms with Gasteiger partial charge in [-0.25, -0.2) is 4.98 Å². The molecule has 0 aliphatic rings. The highest BCUT2D eigenvalue weighted by Crippen LogP contribution is 2.24. The number of amides is 1. The first-order chi connectivity index (χ1) is 13.6. The number of aromatic nitrogens is 2. The van der Waals surface area contributed by atoms with Crippen LogP contribution in [-0.4, -0.2) is 29.2 Å². The van der Waals surface area contributed by atoms with Gasteiger partial charge >= 0.3 is 0 Å². The smallest absolute Gasteiger partial charge is 0.248 e. The van der Waals surface area contributed by atoms with E-state index < -0.39 is 0 Å². The van der Waals surface area contributed by atoms with E-state index in [0.717, 1.165) is 17.9 Å². The van der Waals surface area contributed by atoms with Crippen molar-refractivity contribution in [3.8, 4) is 11.5 Å². The molecule has 0 aliphatic heterocycles. The Kier molecular flexibility index (Phi) is 6.70. The summed E-state index contributed by atoms with van der Waals surface area (Å²) in [6.45, 7) is 1.25. The number of rotatable bonds is 8. The van der Waals surface area contributed by atoms with Crippen molar-refractivity contribution in [1.29, 1.82) is 0 Å². The number of carbonyl (C=O) groups excluding carboxylic acids is 1. The second-order valence-electron chi connectivity index (χ2n) is 5.88. The molecule has 2 aromatic carbocycles. The van der Waals surface area contributed by atoms with E-state index in [-0.39, 0.29) is 5.91 Å². The Morgan fingerprint density at radius 2 is 2.07 bits per heavy atom. The minimum atomic E-state index is -0.254. The van der Waals surface area contributed by atoms with Gasteiger partial charge in [-0.15, -0.1) is 0 Å². The van der Waals surface area contributed by atoms with Crippen LogP contribution in [-0.2, 0) is 11.3 Å². The zero-order valence-corrected chi connectivity index (χ0v) is 16.1. The fourth-order valence-corrected chi connectivity index (χ4v) is 2.69. The molecule has 1 aromatic heterocycles. The molecular weight excluding hydrogens is 378 g/mol. The van der Waals surface area contributed by atoms with Crippen molar-refractivity contribution >= 4 is 29.3 Å². The van der Waals surface area contributed by atoms with Crippen LogP contribution < -0.4 is 14.8 Å². The summed E-state index contributed by atoms with van der Waals surface area (Å²) in [5, 5.41) is 3.38. The monoisotopic (exact) mass is 397 g/mol. The molecule has 0 spiro atoms. The van der Waals surface area contributed by atoms with E-state index >= 15 is 0 Å². The zero-order valence-electron chi connectivity index (χ0n) is 15.3. The van der Waals surface area contributed by atoms with Gasteiger partial charge in [-0.1, -0.05) is 11.6 Å². The van der Waals surface area contributed by atoms with Gasteiger partial charge in [0.05, 0.1) is 20.0 Å². The zero-order chi connectivity index (χ0) is 19.8. The molecule has 3 aromatic rings. The largest absolute Gasteiger partial charge is 0.496 e. The number of benzene rings is 2. The number of methoxy groups -OCH3 is 1. The SMILES string of the molecule is COc1ccc(Cl)cc1/C=C/C(=O)Nc1ccc(OCCn2ccnc2)cc1. The van der Waals surface area contributed by atoms with Crippen LogP contribution in [0.1, 0.15) is 5.56 Å². The maximum atomic E-state index is 12.1. The Morgan fingerprint density at radius 3 is 2.79 bits per heavy atom. The number of imidazole rings is 1. The average molecular weight is 398 g/mol. The Hall–Kier alpha value is -3.25. The summed E-state index contributed by atoms with van der Waals surface area (Å²) >= 11 is 5.99. The first kappa shape index (κ1) is 19.5. The first-order valence-corrected chi connectivity index (χ1v) is 9.03. The topological polar surface area (TPSA) is 65.4 Å². The van der Waals surface area contributed by atoms with E-state index in [9.17, 15) is 4.79 Å². The molecule has 0 fully saturated rings. The van der Waals surface area contributed by atoms with Crippen LogP contribution in [0.15, 0.2) is 67.3 Å². The molecule has 3 rings (SSSR count). The minimum Gasteiger partial charge on any atom is -0.496 e. The number of nitrogens with zero attached hydrogens (tertiary/aromatic N) is 2. The number of hydrogen-bond donors (Lipinski definition) is 1. The predicted molar refractivity (Wildman–Crippen MR) is 110 cm³/mol. The normalized spacial score (nSPS) is 10.8. The summed E-state index contributed by atoms with van der Waals surface area (Å²) in [5.74, 6) is 1.12. The van der Waals surface area contributed by atoms with Gasteiger partial charge in [0, 0.05) is 34.7 Å². The molecule has 144 valence electrons. The maximum Gasteiger partial charge on any atom is 0.248 e. The average Bonchev–Trinajstić information content (AvgIpc) is 3.21. The van der Waals surface area contributed by atoms with Crippen LogP contribution >= 0.6 is 11.6 Å². The predicted octanol–water partition coefficient (Wildman–Crippen LogP) is 4.28. The van der Waals surface area contributed by atoms with Crippen molar-refractivity contribution in [2.75, 3.05) is 19.0 Å². The maximum absolute atomic E-state index is 12.1. The second-order valence-corrected chi connectivity index (χ2v) is 6.32. The minimum absolute atomic E-state index is 0.254. The highest BCUT2D eigenvalue weighted by atomic mass is 35.5. The lowest BCUT2D eigenvalue weighted by molar-refractivity contribution is -0.111. The molecule has 0 aliphatic carbocycles. The number of halogens is 1. The molecule has 28 heavy (non-hydrogen) atoms. The van der Waals surface area contributed by atoms with Crippen molar-refractivity contribution in [3.05, 3.63) is 77.8 Å². The molecule has 0 unspecified atom stereocenters. The summed E-state index contributed by atoms with van der Waals surface area (Å²) in [5.41, 5.74) is 1.40. The summed E-state index contributed by atoms with van der Waals surface area (Å²) in [6, 6.07) is 12.4. The lowest BCUT2D eigenvalue weighted by Crippen LogP contribution is -2.08. The fraction of sp³-hybridized carbons (Fsp3) is 0.143. The lowest BCUT2D eigenvalue weighted by atomic mass is 10.2. The van der Waals surface area contributed by atoms with Gasteiger partial charge in [0.15, 0.2) is 0 Å². The molecule has 1 N–H and O–H groups in total. The van der Waals surface area contributed by atoms with Gasteiger partial charge in [0.25, 0.3) is 0 Å². The molecule has 1 heterocycles. The highest BCUT2D eigenvalue weighted by Gasteiger charge is 2.03. The Bertz CT molecular complexity index is 938. The summed E-state index contributed by atoms with van der Waals surface area (Å²) < 4.78 is 12.9. The second kappa shape index (κ2) is 9.62. The number of nitrogens with one attached hydrogen (secondary N) is 1. The third kappa shape index (κ3) is 5.62. The van der Waals surface area contributed by atoms with E-state index in [0.29, 0.717) is 23.1 Å². The molecule has 6 nitrogen and oxygen atoms in total. The van der Waals surface area contributed by atoms with Gasteiger partial charge in [0.2, 0.25) is 5.91 Å². The summed E-state index contributed by atoms with van der Waals surface area (Å²) in [4.78, 5) is 16.1. The van der Waals surface area contributed by atoms with Gasteiger partial charge in [-0.05, 0) is 48.5 Å². The molecular formula is C21H20ClN3O3. The Morgan fingerprint density at radius 1 is 1.25 bits per heavy atom. The molecule has 0 saturated carbocycles. The highest BCUT2D eigenvalue weighted by molar-refractivity contribution is 6.30. The van der Waals surface area contributed by atoms with Crippen LogP contribution in [0.4, 0.5) is 5.69 Å². The molecule has 0 atom stereocenters. The third-order valence-electron chi connectivity index (χ3n) is 3.91. The van der Waals surface area contributed by atoms with Crippen molar-refractivity contribution in [3.63, 3.8) is 0 Å². The van der Waals surface area contributed by atoms with Gasteiger partial charge in [-0.3, -0.25) is 4.79 Å². The van der Waals surface area contributed by atoms with E-state index in [1.165, 1.54) is 6.08 Å². The molecule has 0 radical (unpaired) electrons.